The molecule has 0 fully saturated rings. The van der Waals surface area contributed by atoms with Crippen molar-refractivity contribution in [2.75, 3.05) is 5.73 Å². The van der Waals surface area contributed by atoms with E-state index in [1.807, 2.05) is 0 Å². The van der Waals surface area contributed by atoms with E-state index in [2.05, 4.69) is 4.98 Å². The summed E-state index contributed by atoms with van der Waals surface area (Å²) >= 11 is 0. The predicted octanol–water partition coefficient (Wildman–Crippen LogP) is 2.05. The molecule has 80 valence electrons. The van der Waals surface area contributed by atoms with Gasteiger partial charge in [0, 0.05) is 25.4 Å². The van der Waals surface area contributed by atoms with Crippen molar-refractivity contribution in [3.05, 3.63) is 12.4 Å². The summed E-state index contributed by atoms with van der Waals surface area (Å²) in [6.45, 7) is 1.78. The second-order valence-corrected chi connectivity index (χ2v) is 3.36. The van der Waals surface area contributed by atoms with Gasteiger partial charge in [0.2, 0.25) is 0 Å². The topological polar surface area (TPSA) is 43.8 Å². The normalized spacial score (nSPS) is 14.3. The molecule has 0 saturated carbocycles. The van der Waals surface area contributed by atoms with Crippen LogP contribution >= 0.6 is 0 Å². The minimum atomic E-state index is -4.12. The number of imidazole rings is 1. The Morgan fingerprint density at radius 1 is 1.57 bits per heavy atom. The van der Waals surface area contributed by atoms with Crippen LogP contribution in [0.15, 0.2) is 12.4 Å². The summed E-state index contributed by atoms with van der Waals surface area (Å²) in [4.78, 5) is 3.73. The van der Waals surface area contributed by atoms with E-state index < -0.39 is 18.5 Å². The maximum atomic E-state index is 12.0. The number of anilines is 1. The van der Waals surface area contributed by atoms with Gasteiger partial charge in [-0.3, -0.25) is 0 Å². The molecule has 0 spiro atoms. The van der Waals surface area contributed by atoms with Crippen LogP contribution in [-0.2, 0) is 6.54 Å². The first-order valence-corrected chi connectivity index (χ1v) is 4.22. The Hall–Kier alpha value is -1.20. The number of alkyl halides is 3. The molecule has 0 aromatic carbocycles. The summed E-state index contributed by atoms with van der Waals surface area (Å²) in [5.41, 5.74) is 5.42. The summed E-state index contributed by atoms with van der Waals surface area (Å²) in [5, 5.41) is 0. The number of nitrogens with two attached hydrogens (primary N) is 1. The van der Waals surface area contributed by atoms with Crippen molar-refractivity contribution in [1.29, 1.82) is 0 Å². The third-order valence-corrected chi connectivity index (χ3v) is 1.84. The van der Waals surface area contributed by atoms with E-state index in [9.17, 15) is 13.2 Å². The second-order valence-electron chi connectivity index (χ2n) is 3.36. The average Bonchev–Trinajstić information content (AvgIpc) is 2.32. The Morgan fingerprint density at radius 3 is 2.64 bits per heavy atom. The van der Waals surface area contributed by atoms with Crippen molar-refractivity contribution in [3.63, 3.8) is 0 Å². The average molecular weight is 207 g/mol. The SMILES string of the molecule is CC(Cn1ccnc1N)CC(F)(F)F. The van der Waals surface area contributed by atoms with E-state index in [4.69, 9.17) is 5.73 Å². The van der Waals surface area contributed by atoms with E-state index in [-0.39, 0.29) is 12.5 Å². The third kappa shape index (κ3) is 3.27. The summed E-state index contributed by atoms with van der Waals surface area (Å²) in [5.74, 6) is -0.245. The van der Waals surface area contributed by atoms with Crippen LogP contribution in [0.3, 0.4) is 0 Å². The number of halogens is 3. The van der Waals surface area contributed by atoms with Crippen LogP contribution in [0, 0.1) is 5.92 Å². The van der Waals surface area contributed by atoms with Gasteiger partial charge >= 0.3 is 6.18 Å². The van der Waals surface area contributed by atoms with E-state index in [1.54, 1.807) is 6.20 Å². The summed E-state index contributed by atoms with van der Waals surface area (Å²) in [6, 6.07) is 0. The highest BCUT2D eigenvalue weighted by molar-refractivity contribution is 5.16. The smallest absolute Gasteiger partial charge is 0.369 e. The number of hydrogen-bond acceptors (Lipinski definition) is 2. The maximum Gasteiger partial charge on any atom is 0.389 e. The molecule has 1 unspecified atom stereocenters. The zero-order valence-corrected chi connectivity index (χ0v) is 7.75. The molecule has 1 heterocycles. The zero-order valence-electron chi connectivity index (χ0n) is 7.75. The van der Waals surface area contributed by atoms with E-state index in [0.29, 0.717) is 0 Å². The Kier molecular flexibility index (Phi) is 3.03. The Labute approximate surface area is 79.7 Å². The summed E-state index contributed by atoms with van der Waals surface area (Å²) in [7, 11) is 0. The molecule has 3 nitrogen and oxygen atoms in total. The molecule has 1 aromatic heterocycles. The predicted molar refractivity (Wildman–Crippen MR) is 46.5 cm³/mol. The second kappa shape index (κ2) is 3.89. The Morgan fingerprint density at radius 2 is 2.21 bits per heavy atom. The number of aromatic nitrogens is 2. The molecule has 14 heavy (non-hydrogen) atoms. The maximum absolute atomic E-state index is 12.0. The molecule has 0 aliphatic heterocycles. The fourth-order valence-electron chi connectivity index (χ4n) is 1.29. The van der Waals surface area contributed by atoms with Crippen LogP contribution in [0.5, 0.6) is 0 Å². The van der Waals surface area contributed by atoms with Crippen LogP contribution < -0.4 is 5.73 Å². The first-order chi connectivity index (χ1) is 6.38. The number of rotatable bonds is 3. The lowest BCUT2D eigenvalue weighted by Gasteiger charge is -2.14. The number of hydrogen-bond donors (Lipinski definition) is 1. The highest BCUT2D eigenvalue weighted by atomic mass is 19.4. The van der Waals surface area contributed by atoms with Gasteiger partial charge < -0.3 is 10.3 Å². The van der Waals surface area contributed by atoms with Crippen LogP contribution in [0.25, 0.3) is 0 Å². The fraction of sp³-hybridized carbons (Fsp3) is 0.625. The lowest BCUT2D eigenvalue weighted by molar-refractivity contribution is -0.144. The standard InChI is InChI=1S/C8H12F3N3/c1-6(4-8(9,10)11)5-14-3-2-13-7(14)12/h2-3,6H,4-5H2,1H3,(H2,12,13). The van der Waals surface area contributed by atoms with Crippen molar-refractivity contribution in [1.82, 2.24) is 9.55 Å². The van der Waals surface area contributed by atoms with Crippen molar-refractivity contribution < 1.29 is 13.2 Å². The summed E-state index contributed by atoms with van der Waals surface area (Å²) in [6.07, 6.45) is -1.88. The molecule has 0 saturated heterocycles. The molecular formula is C8H12F3N3. The number of nitrogens with zero attached hydrogens (tertiary/aromatic N) is 2. The monoisotopic (exact) mass is 207 g/mol. The van der Waals surface area contributed by atoms with Gasteiger partial charge in [-0.1, -0.05) is 6.92 Å². The molecule has 0 aliphatic rings. The van der Waals surface area contributed by atoms with Gasteiger partial charge in [0.05, 0.1) is 0 Å². The molecule has 0 bridgehead atoms. The quantitative estimate of drug-likeness (QED) is 0.824. The highest BCUT2D eigenvalue weighted by Crippen LogP contribution is 2.25. The molecule has 6 heteroatoms. The van der Waals surface area contributed by atoms with Crippen LogP contribution in [0.4, 0.5) is 19.1 Å². The Balaban J connectivity index is 2.50. The van der Waals surface area contributed by atoms with Crippen LogP contribution in [0.2, 0.25) is 0 Å². The molecule has 1 atom stereocenters. The molecule has 2 N–H and O–H groups in total. The molecular weight excluding hydrogens is 195 g/mol. The van der Waals surface area contributed by atoms with E-state index >= 15 is 0 Å². The lowest BCUT2D eigenvalue weighted by Crippen LogP contribution is -2.17. The highest BCUT2D eigenvalue weighted by Gasteiger charge is 2.30. The van der Waals surface area contributed by atoms with Crippen molar-refractivity contribution in [2.24, 2.45) is 5.92 Å². The third-order valence-electron chi connectivity index (χ3n) is 1.84. The van der Waals surface area contributed by atoms with Gasteiger partial charge in [-0.05, 0) is 5.92 Å². The Bertz CT molecular complexity index is 292. The minimum Gasteiger partial charge on any atom is -0.369 e. The van der Waals surface area contributed by atoms with Gasteiger partial charge in [0.15, 0.2) is 5.95 Å². The largest absolute Gasteiger partial charge is 0.389 e. The van der Waals surface area contributed by atoms with E-state index in [0.717, 1.165) is 0 Å². The first kappa shape index (κ1) is 10.9. The van der Waals surface area contributed by atoms with E-state index in [1.165, 1.54) is 17.7 Å². The molecule has 0 radical (unpaired) electrons. The van der Waals surface area contributed by atoms with Crippen molar-refractivity contribution in [2.45, 2.75) is 26.1 Å². The molecule has 0 amide bonds. The fourth-order valence-corrected chi connectivity index (χ4v) is 1.29. The van der Waals surface area contributed by atoms with Gasteiger partial charge in [0.1, 0.15) is 0 Å². The van der Waals surface area contributed by atoms with Crippen LogP contribution in [-0.4, -0.2) is 15.7 Å². The number of nitrogen functional groups attached to an aromatic ring is 1. The lowest BCUT2D eigenvalue weighted by atomic mass is 10.1. The van der Waals surface area contributed by atoms with Gasteiger partial charge in [-0.15, -0.1) is 0 Å². The summed E-state index contributed by atoms with van der Waals surface area (Å²) < 4.78 is 37.4. The van der Waals surface area contributed by atoms with Crippen LogP contribution in [0.1, 0.15) is 13.3 Å². The van der Waals surface area contributed by atoms with Gasteiger partial charge in [0.25, 0.3) is 0 Å². The first-order valence-electron chi connectivity index (χ1n) is 4.22. The molecule has 1 aromatic rings. The molecule has 1 rings (SSSR count). The molecule has 0 aliphatic carbocycles. The minimum absolute atomic E-state index is 0.241. The van der Waals surface area contributed by atoms with Crippen molar-refractivity contribution >= 4 is 5.95 Å². The van der Waals surface area contributed by atoms with Gasteiger partial charge in [-0.25, -0.2) is 4.98 Å². The van der Waals surface area contributed by atoms with Gasteiger partial charge in [-0.2, -0.15) is 13.2 Å². The zero-order chi connectivity index (χ0) is 10.8. The van der Waals surface area contributed by atoms with Crippen molar-refractivity contribution in [3.8, 4) is 0 Å².